The van der Waals surface area contributed by atoms with Gasteiger partial charge in [-0.15, -0.1) is 0 Å². The van der Waals surface area contributed by atoms with Gasteiger partial charge in [0, 0.05) is 0 Å². The van der Waals surface area contributed by atoms with Crippen molar-refractivity contribution in [2.75, 3.05) is 0 Å². The SMILES string of the molecule is Cc1ccc(CC(=O)N[C@H](CC(=O)O)C(=O)O)cc1C. The number of nitrogens with one attached hydrogen (secondary N) is 1. The number of carbonyl (C=O) groups excluding carboxylic acids is 1. The Morgan fingerprint density at radius 1 is 1.15 bits per heavy atom. The largest absolute Gasteiger partial charge is 0.481 e. The van der Waals surface area contributed by atoms with Crippen LogP contribution < -0.4 is 5.32 Å². The van der Waals surface area contributed by atoms with Crippen LogP contribution in [0.25, 0.3) is 0 Å². The lowest BCUT2D eigenvalue weighted by Gasteiger charge is -2.12. The van der Waals surface area contributed by atoms with E-state index in [2.05, 4.69) is 5.32 Å². The molecule has 1 aromatic rings. The average molecular weight is 279 g/mol. The van der Waals surface area contributed by atoms with Gasteiger partial charge < -0.3 is 15.5 Å². The van der Waals surface area contributed by atoms with Gasteiger partial charge in [-0.2, -0.15) is 0 Å². The molecule has 1 amide bonds. The van der Waals surface area contributed by atoms with Crippen molar-refractivity contribution in [2.24, 2.45) is 0 Å². The smallest absolute Gasteiger partial charge is 0.326 e. The Bertz CT molecular complexity index is 538. The van der Waals surface area contributed by atoms with E-state index in [9.17, 15) is 14.4 Å². The summed E-state index contributed by atoms with van der Waals surface area (Å²) >= 11 is 0. The van der Waals surface area contributed by atoms with Crippen molar-refractivity contribution in [2.45, 2.75) is 32.7 Å². The maximum Gasteiger partial charge on any atom is 0.326 e. The molecule has 0 heterocycles. The molecule has 6 heteroatoms. The number of amides is 1. The second kappa shape index (κ2) is 6.70. The van der Waals surface area contributed by atoms with E-state index >= 15 is 0 Å². The van der Waals surface area contributed by atoms with Crippen LogP contribution in [0.3, 0.4) is 0 Å². The van der Waals surface area contributed by atoms with Crippen LogP contribution in [0.15, 0.2) is 18.2 Å². The highest BCUT2D eigenvalue weighted by Gasteiger charge is 2.22. The van der Waals surface area contributed by atoms with E-state index in [0.29, 0.717) is 0 Å². The van der Waals surface area contributed by atoms with Crippen LogP contribution in [0.4, 0.5) is 0 Å². The molecule has 0 saturated carbocycles. The van der Waals surface area contributed by atoms with Crippen LogP contribution in [0.1, 0.15) is 23.1 Å². The van der Waals surface area contributed by atoms with E-state index in [4.69, 9.17) is 10.2 Å². The van der Waals surface area contributed by atoms with Gasteiger partial charge in [-0.25, -0.2) is 4.79 Å². The monoisotopic (exact) mass is 279 g/mol. The van der Waals surface area contributed by atoms with Crippen LogP contribution >= 0.6 is 0 Å². The zero-order chi connectivity index (χ0) is 15.3. The van der Waals surface area contributed by atoms with Gasteiger partial charge in [-0.1, -0.05) is 18.2 Å². The third-order valence-electron chi connectivity index (χ3n) is 2.95. The third-order valence-corrected chi connectivity index (χ3v) is 2.95. The molecule has 0 aliphatic carbocycles. The average Bonchev–Trinajstić information content (AvgIpc) is 2.32. The number of carbonyl (C=O) groups is 3. The lowest BCUT2D eigenvalue weighted by Crippen LogP contribution is -2.42. The van der Waals surface area contributed by atoms with E-state index in [1.54, 1.807) is 6.07 Å². The Balaban J connectivity index is 2.67. The Labute approximate surface area is 116 Å². The number of aryl methyl sites for hydroxylation is 2. The summed E-state index contributed by atoms with van der Waals surface area (Å²) in [6, 6.07) is 4.10. The molecule has 0 aliphatic heterocycles. The zero-order valence-electron chi connectivity index (χ0n) is 11.3. The molecule has 0 radical (unpaired) electrons. The molecule has 0 aliphatic rings. The van der Waals surface area contributed by atoms with Gasteiger partial charge in [0.05, 0.1) is 12.8 Å². The molecule has 20 heavy (non-hydrogen) atoms. The van der Waals surface area contributed by atoms with E-state index < -0.39 is 30.3 Å². The number of aliphatic carboxylic acids is 2. The van der Waals surface area contributed by atoms with E-state index in [1.165, 1.54) is 0 Å². The molecule has 1 atom stereocenters. The highest BCUT2D eigenvalue weighted by molar-refractivity contribution is 5.87. The first-order valence-electron chi connectivity index (χ1n) is 6.09. The summed E-state index contributed by atoms with van der Waals surface area (Å²) in [5, 5.41) is 19.6. The van der Waals surface area contributed by atoms with Crippen molar-refractivity contribution in [1.29, 1.82) is 0 Å². The second-order valence-corrected chi connectivity index (χ2v) is 4.65. The fraction of sp³-hybridized carbons (Fsp3) is 0.357. The first kappa shape index (κ1) is 15.7. The first-order valence-corrected chi connectivity index (χ1v) is 6.09. The maximum atomic E-state index is 11.7. The lowest BCUT2D eigenvalue weighted by molar-refractivity contribution is -0.147. The second-order valence-electron chi connectivity index (χ2n) is 4.65. The van der Waals surface area contributed by atoms with Crippen LogP contribution in [0, 0.1) is 13.8 Å². The Kier molecular flexibility index (Phi) is 5.25. The number of hydrogen-bond donors (Lipinski definition) is 3. The number of rotatable bonds is 6. The van der Waals surface area contributed by atoms with Crippen LogP contribution in [0.2, 0.25) is 0 Å². The normalized spacial score (nSPS) is 11.7. The molecule has 6 nitrogen and oxygen atoms in total. The quantitative estimate of drug-likeness (QED) is 0.717. The zero-order valence-corrected chi connectivity index (χ0v) is 11.3. The molecular formula is C14H17NO5. The molecular weight excluding hydrogens is 262 g/mol. The Morgan fingerprint density at radius 3 is 2.30 bits per heavy atom. The molecule has 0 aromatic heterocycles. The Hall–Kier alpha value is -2.37. The summed E-state index contributed by atoms with van der Waals surface area (Å²) < 4.78 is 0. The topological polar surface area (TPSA) is 104 Å². The summed E-state index contributed by atoms with van der Waals surface area (Å²) in [5.41, 5.74) is 2.89. The number of hydrogen-bond acceptors (Lipinski definition) is 3. The van der Waals surface area contributed by atoms with Gasteiger partial charge in [0.25, 0.3) is 0 Å². The summed E-state index contributed by atoms with van der Waals surface area (Å²) in [6.45, 7) is 3.87. The summed E-state index contributed by atoms with van der Waals surface area (Å²) in [7, 11) is 0. The first-order chi connectivity index (χ1) is 9.29. The van der Waals surface area contributed by atoms with E-state index in [-0.39, 0.29) is 6.42 Å². The minimum absolute atomic E-state index is 0.0184. The highest BCUT2D eigenvalue weighted by Crippen LogP contribution is 2.10. The van der Waals surface area contributed by atoms with Crippen LogP contribution in [-0.2, 0) is 20.8 Å². The minimum atomic E-state index is -1.41. The third kappa shape index (κ3) is 4.72. The van der Waals surface area contributed by atoms with Crippen molar-refractivity contribution in [1.82, 2.24) is 5.32 Å². The van der Waals surface area contributed by atoms with E-state index in [0.717, 1.165) is 16.7 Å². The van der Waals surface area contributed by atoms with Crippen molar-refractivity contribution in [3.05, 3.63) is 34.9 Å². The minimum Gasteiger partial charge on any atom is -0.481 e. The van der Waals surface area contributed by atoms with Crippen molar-refractivity contribution >= 4 is 17.8 Å². The Morgan fingerprint density at radius 2 is 1.80 bits per heavy atom. The fourth-order valence-electron chi connectivity index (χ4n) is 1.72. The van der Waals surface area contributed by atoms with Gasteiger partial charge in [0.1, 0.15) is 6.04 Å². The molecule has 108 valence electrons. The van der Waals surface area contributed by atoms with Crippen molar-refractivity contribution in [3.8, 4) is 0 Å². The molecule has 3 N–H and O–H groups in total. The van der Waals surface area contributed by atoms with Gasteiger partial charge in [0.2, 0.25) is 5.91 Å². The van der Waals surface area contributed by atoms with Gasteiger partial charge in [-0.05, 0) is 30.5 Å². The van der Waals surface area contributed by atoms with Gasteiger partial charge >= 0.3 is 11.9 Å². The summed E-state index contributed by atoms with van der Waals surface area (Å²) in [6.07, 6.45) is -0.626. The lowest BCUT2D eigenvalue weighted by atomic mass is 10.0. The highest BCUT2D eigenvalue weighted by atomic mass is 16.4. The molecule has 0 unspecified atom stereocenters. The predicted molar refractivity (Wildman–Crippen MR) is 71.4 cm³/mol. The predicted octanol–water partition coefficient (Wildman–Crippen LogP) is 0.890. The number of carboxylic acids is 2. The van der Waals surface area contributed by atoms with Crippen molar-refractivity contribution < 1.29 is 24.6 Å². The van der Waals surface area contributed by atoms with Gasteiger partial charge in [-0.3, -0.25) is 9.59 Å². The van der Waals surface area contributed by atoms with Crippen molar-refractivity contribution in [3.63, 3.8) is 0 Å². The molecule has 0 bridgehead atoms. The summed E-state index contributed by atoms with van der Waals surface area (Å²) in [4.78, 5) is 33.1. The number of benzene rings is 1. The molecule has 1 aromatic carbocycles. The standard InChI is InChI=1S/C14H17NO5/c1-8-3-4-10(5-9(8)2)6-12(16)15-11(14(19)20)7-13(17)18/h3-5,11H,6-7H2,1-2H3,(H,15,16)(H,17,18)(H,19,20)/t11-/m1/s1. The maximum absolute atomic E-state index is 11.7. The fourth-order valence-corrected chi connectivity index (χ4v) is 1.72. The molecule has 0 spiro atoms. The molecule has 0 saturated heterocycles. The number of carboxylic acid groups (broad SMARTS) is 2. The summed E-state index contributed by atoms with van der Waals surface area (Å²) in [5.74, 6) is -3.15. The molecule has 0 fully saturated rings. The molecule has 1 rings (SSSR count). The van der Waals surface area contributed by atoms with Crippen LogP contribution in [0.5, 0.6) is 0 Å². The van der Waals surface area contributed by atoms with Gasteiger partial charge in [0.15, 0.2) is 0 Å². The van der Waals surface area contributed by atoms with Crippen LogP contribution in [-0.4, -0.2) is 34.1 Å². The van der Waals surface area contributed by atoms with E-state index in [1.807, 2.05) is 26.0 Å².